The normalized spacial score (nSPS) is 14.9. The summed E-state index contributed by atoms with van der Waals surface area (Å²) in [6.45, 7) is 0.177. The number of benzene rings is 2. The van der Waals surface area contributed by atoms with Crippen LogP contribution in [0, 0.1) is 0 Å². The van der Waals surface area contributed by atoms with Crippen LogP contribution in [0.4, 0.5) is 5.82 Å². The number of methoxy groups -OCH3 is 1. The zero-order valence-corrected chi connectivity index (χ0v) is 21.8. The Balaban J connectivity index is 1.39. The number of fused-ring (bicyclic) bond motifs is 1. The number of Topliss-reactive ketones (excluding diaryl/α,β-unsaturated/α-hetero) is 1. The zero-order chi connectivity index (χ0) is 27.4. The minimum Gasteiger partial charge on any atom is -0.480 e. The van der Waals surface area contributed by atoms with Crippen LogP contribution in [0.5, 0.6) is 5.88 Å². The van der Waals surface area contributed by atoms with Gasteiger partial charge in [0.2, 0.25) is 5.88 Å². The fourth-order valence-electron chi connectivity index (χ4n) is 4.45. The van der Waals surface area contributed by atoms with Gasteiger partial charge in [-0.1, -0.05) is 29.8 Å². The molecule has 5 rings (SSSR count). The monoisotopic (exact) mass is 541 g/mol. The van der Waals surface area contributed by atoms with Crippen molar-refractivity contribution in [3.63, 3.8) is 0 Å². The molecule has 1 atom stereocenters. The Morgan fingerprint density at radius 2 is 1.87 bits per heavy atom. The Morgan fingerprint density at radius 3 is 2.56 bits per heavy atom. The van der Waals surface area contributed by atoms with E-state index >= 15 is 0 Å². The Labute approximate surface area is 229 Å². The predicted octanol–water partition coefficient (Wildman–Crippen LogP) is 4.16. The molecule has 1 aliphatic rings. The lowest BCUT2D eigenvalue weighted by molar-refractivity contribution is -0.122. The van der Waals surface area contributed by atoms with Gasteiger partial charge in [-0.2, -0.15) is 0 Å². The Bertz CT molecular complexity index is 1510. The average Bonchev–Trinajstić information content (AvgIpc) is 3.04. The molecule has 10 heteroatoms. The van der Waals surface area contributed by atoms with Crippen molar-refractivity contribution < 1.29 is 19.1 Å². The molecule has 0 fully saturated rings. The predicted molar refractivity (Wildman–Crippen MR) is 145 cm³/mol. The van der Waals surface area contributed by atoms with Gasteiger partial charge in [0.25, 0.3) is 11.8 Å². The van der Waals surface area contributed by atoms with E-state index in [2.05, 4.69) is 20.3 Å². The molecule has 4 aromatic rings. The number of anilines is 1. The van der Waals surface area contributed by atoms with Gasteiger partial charge in [-0.25, -0.2) is 9.97 Å². The molecule has 0 bridgehead atoms. The number of ketones is 1. The molecule has 2 aromatic heterocycles. The summed E-state index contributed by atoms with van der Waals surface area (Å²) < 4.78 is 4.98. The van der Waals surface area contributed by atoms with Crippen molar-refractivity contribution >= 4 is 35.0 Å². The first-order valence-corrected chi connectivity index (χ1v) is 12.6. The molecule has 1 aliphatic heterocycles. The van der Waals surface area contributed by atoms with Crippen molar-refractivity contribution in [1.29, 1.82) is 0 Å². The van der Waals surface area contributed by atoms with E-state index in [0.717, 1.165) is 5.56 Å². The third-order valence-electron chi connectivity index (χ3n) is 6.45. The van der Waals surface area contributed by atoms with Gasteiger partial charge in [0.05, 0.1) is 25.5 Å². The highest BCUT2D eigenvalue weighted by Gasteiger charge is 2.35. The van der Waals surface area contributed by atoms with Crippen LogP contribution in [0.15, 0.2) is 79.3 Å². The lowest BCUT2D eigenvalue weighted by Crippen LogP contribution is -2.44. The largest absolute Gasteiger partial charge is 0.480 e. The van der Waals surface area contributed by atoms with Crippen LogP contribution in [0.2, 0.25) is 5.02 Å². The summed E-state index contributed by atoms with van der Waals surface area (Å²) in [4.78, 5) is 54.0. The number of ether oxygens (including phenoxy) is 1. The van der Waals surface area contributed by atoms with Gasteiger partial charge in [0.1, 0.15) is 0 Å². The summed E-state index contributed by atoms with van der Waals surface area (Å²) in [7, 11) is 1.48. The zero-order valence-electron chi connectivity index (χ0n) is 21.0. The van der Waals surface area contributed by atoms with E-state index in [-0.39, 0.29) is 42.8 Å². The average molecular weight is 542 g/mol. The molecule has 0 radical (unpaired) electrons. The van der Waals surface area contributed by atoms with Crippen LogP contribution in [0.3, 0.4) is 0 Å². The van der Waals surface area contributed by atoms with Gasteiger partial charge in [-0.15, -0.1) is 0 Å². The smallest absolute Gasteiger partial charge is 0.256 e. The second-order valence-corrected chi connectivity index (χ2v) is 9.45. The number of hydrogen-bond donors (Lipinski definition) is 1. The molecule has 3 heterocycles. The standard InChI is InChI=1S/C29H24ClN5O4/c1-39-27-16-32-26(15-33-27)34-28(37)19-7-5-18(6-8-19)17-35-24(14-22-4-2-3-11-31-22)25(36)13-20-12-21(30)9-10-23(20)29(35)38/h2-12,15-16,24H,13-14,17H2,1H3,(H,32,34,37)/t24-/m1/s1. The number of nitrogens with one attached hydrogen (secondary N) is 1. The molecule has 9 nitrogen and oxygen atoms in total. The van der Waals surface area contributed by atoms with Gasteiger partial charge >= 0.3 is 0 Å². The first-order valence-electron chi connectivity index (χ1n) is 12.2. The lowest BCUT2D eigenvalue weighted by Gasteiger charge is -2.29. The van der Waals surface area contributed by atoms with Crippen molar-refractivity contribution in [2.24, 2.45) is 0 Å². The number of halogens is 1. The van der Waals surface area contributed by atoms with Crippen LogP contribution in [-0.4, -0.2) is 50.6 Å². The van der Waals surface area contributed by atoms with Crippen molar-refractivity contribution in [3.8, 4) is 5.88 Å². The molecular weight excluding hydrogens is 518 g/mol. The maximum Gasteiger partial charge on any atom is 0.256 e. The third-order valence-corrected chi connectivity index (χ3v) is 6.68. The first kappa shape index (κ1) is 26.0. The quantitative estimate of drug-likeness (QED) is 0.373. The van der Waals surface area contributed by atoms with Gasteiger partial charge in [0.15, 0.2) is 11.6 Å². The highest BCUT2D eigenvalue weighted by molar-refractivity contribution is 6.30. The number of rotatable bonds is 7. The van der Waals surface area contributed by atoms with E-state index in [4.69, 9.17) is 16.3 Å². The number of carbonyl (C=O) groups is 3. The van der Waals surface area contributed by atoms with Crippen molar-refractivity contribution in [2.45, 2.75) is 25.4 Å². The Kier molecular flexibility index (Phi) is 7.60. The molecule has 0 aliphatic carbocycles. The SMILES string of the molecule is COc1cnc(NC(=O)c2ccc(CN3C(=O)c4ccc(Cl)cc4CC(=O)[C@H]3Cc3ccccn3)cc2)cn1. The topological polar surface area (TPSA) is 114 Å². The van der Waals surface area contributed by atoms with E-state index in [0.29, 0.717) is 33.3 Å². The number of nitrogens with zero attached hydrogens (tertiary/aromatic N) is 4. The molecule has 0 saturated carbocycles. The summed E-state index contributed by atoms with van der Waals surface area (Å²) >= 11 is 6.17. The number of aromatic nitrogens is 3. The van der Waals surface area contributed by atoms with E-state index in [1.807, 2.05) is 12.1 Å². The molecule has 39 heavy (non-hydrogen) atoms. The summed E-state index contributed by atoms with van der Waals surface area (Å²) in [6.07, 6.45) is 4.86. The van der Waals surface area contributed by atoms with Gasteiger partial charge < -0.3 is 15.0 Å². The molecule has 0 unspecified atom stereocenters. The molecule has 0 saturated heterocycles. The fourth-order valence-corrected chi connectivity index (χ4v) is 4.64. The van der Waals surface area contributed by atoms with Crippen LogP contribution in [-0.2, 0) is 24.2 Å². The van der Waals surface area contributed by atoms with Crippen molar-refractivity contribution in [1.82, 2.24) is 19.9 Å². The number of carbonyl (C=O) groups excluding carboxylic acids is 3. The molecular formula is C29H24ClN5O4. The molecule has 2 aromatic carbocycles. The van der Waals surface area contributed by atoms with Gasteiger partial charge in [-0.3, -0.25) is 19.4 Å². The van der Waals surface area contributed by atoms with Crippen LogP contribution < -0.4 is 10.1 Å². The molecule has 2 amide bonds. The van der Waals surface area contributed by atoms with E-state index in [1.54, 1.807) is 59.6 Å². The van der Waals surface area contributed by atoms with Crippen LogP contribution >= 0.6 is 11.6 Å². The second-order valence-electron chi connectivity index (χ2n) is 9.01. The van der Waals surface area contributed by atoms with Crippen LogP contribution in [0.25, 0.3) is 0 Å². The molecule has 1 N–H and O–H groups in total. The third kappa shape index (κ3) is 5.94. The van der Waals surface area contributed by atoms with E-state index in [1.165, 1.54) is 19.5 Å². The van der Waals surface area contributed by atoms with E-state index < -0.39 is 6.04 Å². The number of amides is 2. The first-order chi connectivity index (χ1) is 18.9. The summed E-state index contributed by atoms with van der Waals surface area (Å²) in [6, 6.07) is 16.6. The lowest BCUT2D eigenvalue weighted by atomic mass is 9.99. The Morgan fingerprint density at radius 1 is 1.05 bits per heavy atom. The van der Waals surface area contributed by atoms with Gasteiger partial charge in [-0.05, 0) is 53.6 Å². The summed E-state index contributed by atoms with van der Waals surface area (Å²) in [5.41, 5.74) is 2.94. The van der Waals surface area contributed by atoms with Crippen molar-refractivity contribution in [2.75, 3.05) is 12.4 Å². The molecule has 196 valence electrons. The number of pyridine rings is 1. The number of hydrogen-bond acceptors (Lipinski definition) is 7. The summed E-state index contributed by atoms with van der Waals surface area (Å²) in [5.74, 6) is -0.0820. The highest BCUT2D eigenvalue weighted by atomic mass is 35.5. The minimum absolute atomic E-state index is 0.0911. The minimum atomic E-state index is -0.713. The molecule has 0 spiro atoms. The maximum absolute atomic E-state index is 13.7. The second kappa shape index (κ2) is 11.4. The summed E-state index contributed by atoms with van der Waals surface area (Å²) in [5, 5.41) is 3.16. The van der Waals surface area contributed by atoms with E-state index in [9.17, 15) is 14.4 Å². The van der Waals surface area contributed by atoms with Gasteiger partial charge in [0, 0.05) is 47.4 Å². The van der Waals surface area contributed by atoms with Crippen LogP contribution in [0.1, 0.15) is 37.5 Å². The van der Waals surface area contributed by atoms with Crippen molar-refractivity contribution in [3.05, 3.63) is 112 Å². The fraction of sp³-hybridized carbons (Fsp3) is 0.172. The maximum atomic E-state index is 13.7. The highest BCUT2D eigenvalue weighted by Crippen LogP contribution is 2.27. The Hall–Kier alpha value is -4.63.